The maximum Gasteiger partial charge on any atom is 0.0405 e. The summed E-state index contributed by atoms with van der Waals surface area (Å²) in [7, 11) is 0. The molecular weight excluding hydrogens is 350 g/mol. The molecule has 1 aromatic rings. The molecule has 0 heterocycles. The van der Waals surface area contributed by atoms with Crippen molar-refractivity contribution in [3.8, 4) is 0 Å². The molecule has 2 heteroatoms. The van der Waals surface area contributed by atoms with Crippen molar-refractivity contribution in [3.63, 3.8) is 0 Å². The summed E-state index contributed by atoms with van der Waals surface area (Å²) in [5.41, 5.74) is 5.15. The number of hydrogen-bond donors (Lipinski definition) is 1. The van der Waals surface area contributed by atoms with Crippen LogP contribution in [-0.4, -0.2) is 11.4 Å². The molecule has 0 aliphatic rings. The first-order valence-electron chi connectivity index (χ1n) is 10.2. The van der Waals surface area contributed by atoms with Gasteiger partial charge in [0.25, 0.3) is 0 Å². The zero-order valence-corrected chi connectivity index (χ0v) is 18.9. The van der Waals surface area contributed by atoms with E-state index in [0.29, 0.717) is 5.88 Å². The van der Waals surface area contributed by atoms with Crippen LogP contribution in [0, 0.1) is 0 Å². The quantitative estimate of drug-likeness (QED) is 0.305. The second-order valence-corrected chi connectivity index (χ2v) is 8.55. The maximum absolute atomic E-state index is 6.21. The predicted molar refractivity (Wildman–Crippen MR) is 123 cm³/mol. The van der Waals surface area contributed by atoms with Gasteiger partial charge < -0.3 is 5.32 Å². The lowest BCUT2D eigenvalue weighted by Crippen LogP contribution is -2.45. The van der Waals surface area contributed by atoms with E-state index in [4.69, 9.17) is 11.6 Å². The van der Waals surface area contributed by atoms with E-state index < -0.39 is 0 Å². The molecule has 0 aromatic heterocycles. The minimum absolute atomic E-state index is 0.0213. The lowest BCUT2D eigenvalue weighted by atomic mass is 9.71. The highest BCUT2D eigenvalue weighted by Crippen LogP contribution is 2.37. The zero-order valence-electron chi connectivity index (χ0n) is 18.2. The summed E-state index contributed by atoms with van der Waals surface area (Å²) in [6.07, 6.45) is 8.13. The normalized spacial score (nSPS) is 15.7. The molecule has 1 nitrogen and oxygen atoms in total. The van der Waals surface area contributed by atoms with Crippen molar-refractivity contribution in [1.29, 1.82) is 0 Å². The molecule has 0 saturated carbocycles. The van der Waals surface area contributed by atoms with Crippen molar-refractivity contribution in [3.05, 3.63) is 71.5 Å². The second-order valence-electron chi connectivity index (χ2n) is 8.18. The van der Waals surface area contributed by atoms with Crippen LogP contribution in [0.15, 0.2) is 65.9 Å². The molecule has 1 N–H and O–H groups in total. The SMILES string of the molecule is C=C/C(CC)=C(NC(C)(C)CC(C)(CCCl)c1ccccc1)\C(=C/C)CC. The molecule has 150 valence electrons. The third kappa shape index (κ3) is 6.57. The van der Waals surface area contributed by atoms with Gasteiger partial charge in [0, 0.05) is 17.1 Å². The van der Waals surface area contributed by atoms with E-state index in [0.717, 1.165) is 25.7 Å². The van der Waals surface area contributed by atoms with Gasteiger partial charge in [-0.1, -0.05) is 69.8 Å². The van der Waals surface area contributed by atoms with E-state index >= 15 is 0 Å². The average Bonchev–Trinajstić information content (AvgIpc) is 2.63. The van der Waals surface area contributed by atoms with Gasteiger partial charge in [-0.15, -0.1) is 11.6 Å². The first kappa shape index (κ1) is 23.6. The van der Waals surface area contributed by atoms with E-state index in [2.05, 4.69) is 89.8 Å². The van der Waals surface area contributed by atoms with Crippen molar-refractivity contribution >= 4 is 11.6 Å². The third-order valence-electron chi connectivity index (χ3n) is 5.41. The van der Waals surface area contributed by atoms with E-state index in [1.165, 1.54) is 22.4 Å². The van der Waals surface area contributed by atoms with Crippen LogP contribution in [0.4, 0.5) is 0 Å². The van der Waals surface area contributed by atoms with E-state index in [1.54, 1.807) is 0 Å². The fourth-order valence-electron chi connectivity index (χ4n) is 4.06. The largest absolute Gasteiger partial charge is 0.380 e. The molecule has 0 amide bonds. The van der Waals surface area contributed by atoms with Gasteiger partial charge in [-0.05, 0) is 68.6 Å². The van der Waals surface area contributed by atoms with E-state index in [1.807, 2.05) is 6.08 Å². The van der Waals surface area contributed by atoms with Crippen LogP contribution >= 0.6 is 11.6 Å². The fraction of sp³-hybridized carbons (Fsp3) is 0.520. The van der Waals surface area contributed by atoms with Crippen LogP contribution in [0.25, 0.3) is 0 Å². The van der Waals surface area contributed by atoms with Crippen molar-refractivity contribution < 1.29 is 0 Å². The Balaban J connectivity index is 3.25. The fourth-order valence-corrected chi connectivity index (χ4v) is 4.47. The summed E-state index contributed by atoms with van der Waals surface area (Å²) in [5, 5.41) is 3.88. The molecular formula is C25H38ClN. The van der Waals surface area contributed by atoms with Crippen LogP contribution in [0.3, 0.4) is 0 Å². The number of allylic oxidation sites excluding steroid dienone is 4. The lowest BCUT2D eigenvalue weighted by Gasteiger charge is -2.40. The Kier molecular flexibility index (Phi) is 9.39. The highest BCUT2D eigenvalue weighted by molar-refractivity contribution is 6.17. The molecule has 0 spiro atoms. The Hall–Kier alpha value is -1.47. The first-order chi connectivity index (χ1) is 12.8. The minimum atomic E-state index is -0.0845. The minimum Gasteiger partial charge on any atom is -0.380 e. The Bertz CT molecular complexity index is 654. The zero-order chi connectivity index (χ0) is 20.5. The molecule has 1 unspecified atom stereocenters. The highest BCUT2D eigenvalue weighted by Gasteiger charge is 2.34. The molecule has 27 heavy (non-hydrogen) atoms. The summed E-state index contributed by atoms with van der Waals surface area (Å²) >= 11 is 6.21. The van der Waals surface area contributed by atoms with Crippen LogP contribution in [-0.2, 0) is 5.41 Å². The van der Waals surface area contributed by atoms with Gasteiger partial charge >= 0.3 is 0 Å². The molecule has 0 aliphatic heterocycles. The van der Waals surface area contributed by atoms with Crippen LogP contribution in [0.5, 0.6) is 0 Å². The van der Waals surface area contributed by atoms with Gasteiger partial charge in [0.2, 0.25) is 0 Å². The molecule has 1 aromatic carbocycles. The number of rotatable bonds is 11. The standard InChI is InChI=1S/C25H38ClN/c1-8-20(9-2)23(21(10-3)11-4)27-24(5,6)19-25(7,17-18-26)22-15-13-12-14-16-22/h8,10,12-16,27H,1,9,11,17-19H2,2-7H3/b21-10-,23-20-. The maximum atomic E-state index is 6.21. The molecule has 1 rings (SSSR count). The van der Waals surface area contributed by atoms with Crippen molar-refractivity contribution in [2.75, 3.05) is 5.88 Å². The van der Waals surface area contributed by atoms with Gasteiger partial charge in [0.05, 0.1) is 0 Å². The Morgan fingerprint density at radius 3 is 2.19 bits per heavy atom. The summed E-state index contributed by atoms with van der Waals surface area (Å²) < 4.78 is 0. The molecule has 0 fully saturated rings. The van der Waals surface area contributed by atoms with Crippen molar-refractivity contribution in [2.24, 2.45) is 0 Å². The van der Waals surface area contributed by atoms with Crippen molar-refractivity contribution in [1.82, 2.24) is 5.32 Å². The summed E-state index contributed by atoms with van der Waals surface area (Å²) in [4.78, 5) is 0. The van der Waals surface area contributed by atoms with E-state index in [-0.39, 0.29) is 11.0 Å². The van der Waals surface area contributed by atoms with Crippen LogP contribution in [0.2, 0.25) is 0 Å². The topological polar surface area (TPSA) is 12.0 Å². The smallest absolute Gasteiger partial charge is 0.0405 e. The highest BCUT2D eigenvalue weighted by atomic mass is 35.5. The van der Waals surface area contributed by atoms with Crippen molar-refractivity contribution in [2.45, 2.75) is 78.2 Å². The second kappa shape index (κ2) is 10.8. The first-order valence-corrected chi connectivity index (χ1v) is 10.7. The van der Waals surface area contributed by atoms with E-state index in [9.17, 15) is 0 Å². The molecule has 0 saturated heterocycles. The van der Waals surface area contributed by atoms with Gasteiger partial charge in [-0.25, -0.2) is 0 Å². The summed E-state index contributed by atoms with van der Waals surface area (Å²) in [5.74, 6) is 0.659. The monoisotopic (exact) mass is 387 g/mol. The number of nitrogens with one attached hydrogen (secondary N) is 1. The van der Waals surface area contributed by atoms with Gasteiger partial charge in [0.15, 0.2) is 0 Å². The Labute approximate surface area is 172 Å². The summed E-state index contributed by atoms with van der Waals surface area (Å²) in [6, 6.07) is 10.8. The number of hydrogen-bond acceptors (Lipinski definition) is 1. The number of alkyl halides is 1. The predicted octanol–water partition coefficient (Wildman–Crippen LogP) is 7.54. The van der Waals surface area contributed by atoms with Crippen LogP contribution < -0.4 is 5.32 Å². The van der Waals surface area contributed by atoms with Gasteiger partial charge in [-0.3, -0.25) is 0 Å². The van der Waals surface area contributed by atoms with Crippen LogP contribution in [0.1, 0.15) is 72.8 Å². The number of halogens is 1. The molecule has 0 bridgehead atoms. The number of benzene rings is 1. The average molecular weight is 388 g/mol. The van der Waals surface area contributed by atoms with Gasteiger partial charge in [0.1, 0.15) is 0 Å². The molecule has 1 atom stereocenters. The van der Waals surface area contributed by atoms with Gasteiger partial charge in [-0.2, -0.15) is 0 Å². The lowest BCUT2D eigenvalue weighted by molar-refractivity contribution is 0.285. The Morgan fingerprint density at radius 1 is 1.11 bits per heavy atom. The molecule has 0 radical (unpaired) electrons. The Morgan fingerprint density at radius 2 is 1.74 bits per heavy atom. The summed E-state index contributed by atoms with van der Waals surface area (Å²) in [6.45, 7) is 17.5. The third-order valence-corrected chi connectivity index (χ3v) is 5.60. The molecule has 0 aliphatic carbocycles.